The lowest BCUT2D eigenvalue weighted by Crippen LogP contribution is -1.57. The Morgan fingerprint density at radius 1 is 0.121 bits per heavy atom. The van der Waals surface area contributed by atoms with Crippen LogP contribution in [0.2, 0.25) is 0 Å². The number of hydrogen-bond acceptors (Lipinski definition) is 15. The maximum atomic E-state index is 7.57. The molecule has 0 aromatic heterocycles. The molecule has 0 aliphatic heterocycles. The zero-order valence-corrected chi connectivity index (χ0v) is 37.6. The average molecular weight is 899 g/mol. The van der Waals surface area contributed by atoms with Crippen molar-refractivity contribution in [3.05, 3.63) is 0 Å². The van der Waals surface area contributed by atoms with Crippen LogP contribution in [-0.4, -0.2) is 176 Å². The van der Waals surface area contributed by atoms with E-state index in [-0.39, 0.29) is 170 Å². The normalized spacial score (nSPS) is 4.66. The summed E-state index contributed by atoms with van der Waals surface area (Å²) in [5, 5.41) is 114. The summed E-state index contributed by atoms with van der Waals surface area (Å²) in [6, 6.07) is 0. The second kappa shape index (κ2) is 874. The maximum Gasteiger partial charge on any atom is 0.0402 e. The monoisotopic (exact) mass is 899 g/mol. The Balaban J connectivity index is -0.00000000629. The molecule has 15 N–H and O–H groups in total. The van der Waals surface area contributed by atoms with Gasteiger partial charge in [-0.25, -0.2) is 0 Å². The van der Waals surface area contributed by atoms with Gasteiger partial charge in [0.05, 0.1) is 0 Å². The molecule has 28 nitrogen and oxygen atoms in total. The van der Waals surface area contributed by atoms with Crippen LogP contribution >= 0.6 is 0 Å². The Morgan fingerprint density at radius 3 is 0.121 bits per heavy atom. The van der Waals surface area contributed by atoms with E-state index in [0.717, 1.165) is 0 Å². The Bertz CT molecular complexity index is 117. The fourth-order valence-corrected chi connectivity index (χ4v) is 0. The SMILES string of the molecule is CCO.CCO.CCO.CCO.CCO.CCO.CCO.CCO.CCO.CCO.CCO.CCO.CCO.CCO.CCO.[O].[O].[O].[O].[O].[O].[O].[O].[O].[O].[O].[O].[O]. The molecule has 0 saturated carbocycles. The topological polar surface area (TPSA) is 674 Å². The molecule has 378 valence electrons. The highest BCUT2D eigenvalue weighted by Gasteiger charge is 1.38. The number of rotatable bonds is 0. The fourth-order valence-electron chi connectivity index (χ4n) is 0. The van der Waals surface area contributed by atoms with Crippen LogP contribution in [0.1, 0.15) is 104 Å². The van der Waals surface area contributed by atoms with Crippen LogP contribution in [0.3, 0.4) is 0 Å². The van der Waals surface area contributed by atoms with Gasteiger partial charge in [0, 0.05) is 170 Å². The smallest absolute Gasteiger partial charge is 0.0402 e. The Labute approximate surface area is 351 Å². The Morgan fingerprint density at radius 2 is 0.121 bits per heavy atom. The van der Waals surface area contributed by atoms with Gasteiger partial charge < -0.3 is 76.6 Å². The zero-order chi connectivity index (χ0) is 40.6. The standard InChI is InChI=1S/15C2H6O.13O/c15*1-2-3;;;;;;;;;;;;;/h15*3H,2H2,1H3;;;;;;;;;;;;;. The molecule has 0 amide bonds. The lowest BCUT2D eigenvalue weighted by Gasteiger charge is -1.52. The third kappa shape index (κ3) is 127000. The molecule has 26 radical (unpaired) electrons. The van der Waals surface area contributed by atoms with Crippen molar-refractivity contribution in [2.24, 2.45) is 0 Å². The van der Waals surface area contributed by atoms with E-state index < -0.39 is 0 Å². The van der Waals surface area contributed by atoms with E-state index in [4.69, 9.17) is 76.6 Å². The summed E-state index contributed by atoms with van der Waals surface area (Å²) >= 11 is 0. The minimum absolute atomic E-state index is 0. The van der Waals surface area contributed by atoms with Gasteiger partial charge in [0.1, 0.15) is 0 Å². The van der Waals surface area contributed by atoms with E-state index >= 15 is 0 Å². The molecule has 0 rings (SSSR count). The first-order valence-electron chi connectivity index (χ1n) is 15.4. The third-order valence-electron chi connectivity index (χ3n) is 0. The van der Waals surface area contributed by atoms with Gasteiger partial charge in [-0.05, 0) is 104 Å². The molecule has 0 saturated heterocycles. The summed E-state index contributed by atoms with van der Waals surface area (Å²) in [6.07, 6.45) is 0. The van der Waals surface area contributed by atoms with Crippen LogP contribution in [-0.2, 0) is 71.2 Å². The van der Waals surface area contributed by atoms with E-state index in [2.05, 4.69) is 0 Å². The van der Waals surface area contributed by atoms with E-state index in [0.29, 0.717) is 0 Å². The van der Waals surface area contributed by atoms with Crippen LogP contribution in [0.15, 0.2) is 0 Å². The predicted octanol–water partition coefficient (Wildman–Crippen LogP) is -1.57. The lowest BCUT2D eigenvalue weighted by molar-refractivity contribution is 0.318. The summed E-state index contributed by atoms with van der Waals surface area (Å²) < 4.78 is 0. The van der Waals surface area contributed by atoms with Crippen molar-refractivity contribution in [3.63, 3.8) is 0 Å². The van der Waals surface area contributed by atoms with Gasteiger partial charge in [-0.2, -0.15) is 0 Å². The van der Waals surface area contributed by atoms with Gasteiger partial charge in [-0.3, -0.25) is 0 Å². The minimum atomic E-state index is 0. The van der Waals surface area contributed by atoms with Crippen molar-refractivity contribution >= 4 is 0 Å². The fraction of sp³-hybridized carbons (Fsp3) is 1.00. The predicted molar refractivity (Wildman–Crippen MR) is 200 cm³/mol. The number of aliphatic hydroxyl groups excluding tert-OH is 15. The van der Waals surface area contributed by atoms with Crippen LogP contribution in [0.25, 0.3) is 0 Å². The summed E-state index contributed by atoms with van der Waals surface area (Å²) in [5.74, 6) is 0. The largest absolute Gasteiger partial charge is 0.397 e. The second-order valence-electron chi connectivity index (χ2n) is 4.74. The van der Waals surface area contributed by atoms with Gasteiger partial charge in [0.25, 0.3) is 0 Å². The molecule has 0 aliphatic carbocycles. The maximum absolute atomic E-state index is 7.57. The van der Waals surface area contributed by atoms with Crippen molar-refractivity contribution in [2.45, 2.75) is 104 Å². The molecule has 28 heteroatoms. The van der Waals surface area contributed by atoms with Gasteiger partial charge in [0.2, 0.25) is 0 Å². The van der Waals surface area contributed by atoms with Crippen LogP contribution < -0.4 is 0 Å². The first-order valence-corrected chi connectivity index (χ1v) is 15.4. The third-order valence-corrected chi connectivity index (χ3v) is 0. The van der Waals surface area contributed by atoms with Gasteiger partial charge in [-0.15, -0.1) is 0 Å². The molecule has 0 unspecified atom stereocenters. The molecule has 0 spiro atoms. The second-order valence-corrected chi connectivity index (χ2v) is 4.74. The minimum Gasteiger partial charge on any atom is -0.397 e. The van der Waals surface area contributed by atoms with Crippen molar-refractivity contribution in [1.29, 1.82) is 0 Å². The molecular formula is C30H90O28. The highest BCUT2D eigenvalue weighted by atomic mass is 16.3. The molecule has 0 aromatic rings. The van der Waals surface area contributed by atoms with Crippen molar-refractivity contribution in [1.82, 2.24) is 0 Å². The summed E-state index contributed by atoms with van der Waals surface area (Å²) in [5.41, 5.74) is 0. The highest BCUT2D eigenvalue weighted by Crippen LogP contribution is 1.34. The summed E-state index contributed by atoms with van der Waals surface area (Å²) in [4.78, 5) is 0. The first kappa shape index (κ1) is 213. The highest BCUT2D eigenvalue weighted by molar-refractivity contribution is 3.87. The first-order chi connectivity index (χ1) is 21.2. The van der Waals surface area contributed by atoms with Gasteiger partial charge in [0.15, 0.2) is 0 Å². The van der Waals surface area contributed by atoms with Crippen LogP contribution in [0, 0.1) is 0 Å². The van der Waals surface area contributed by atoms with Crippen molar-refractivity contribution < 1.29 is 148 Å². The zero-order valence-electron chi connectivity index (χ0n) is 37.6. The number of aliphatic hydroxyl groups is 15. The quantitative estimate of drug-likeness (QED) is 0.131. The van der Waals surface area contributed by atoms with E-state index in [1.807, 2.05) is 0 Å². The number of hydrogen-bond donors (Lipinski definition) is 15. The van der Waals surface area contributed by atoms with E-state index in [9.17, 15) is 0 Å². The molecule has 0 aromatic carbocycles. The molecule has 0 heterocycles. The molecular weight excluding hydrogens is 808 g/mol. The van der Waals surface area contributed by atoms with Crippen molar-refractivity contribution in [2.75, 3.05) is 99.1 Å². The van der Waals surface area contributed by atoms with Crippen LogP contribution in [0.4, 0.5) is 0 Å². The summed E-state index contributed by atoms with van der Waals surface area (Å²) in [6.45, 7) is 29.0. The lowest BCUT2D eigenvalue weighted by atomic mass is 10.9. The summed E-state index contributed by atoms with van der Waals surface area (Å²) in [7, 11) is 0. The van der Waals surface area contributed by atoms with Gasteiger partial charge >= 0.3 is 0 Å². The molecule has 0 fully saturated rings. The molecule has 0 atom stereocenters. The Kier molecular flexibility index (Phi) is 3210. The molecule has 0 bridgehead atoms. The molecule has 58 heavy (non-hydrogen) atoms. The van der Waals surface area contributed by atoms with Crippen LogP contribution in [0.5, 0.6) is 0 Å². The van der Waals surface area contributed by atoms with E-state index in [1.54, 1.807) is 104 Å². The Hall–Kier alpha value is -1.12. The van der Waals surface area contributed by atoms with Gasteiger partial charge in [-0.1, -0.05) is 0 Å². The van der Waals surface area contributed by atoms with E-state index in [1.165, 1.54) is 0 Å². The average Bonchev–Trinajstić information content (AvgIpc) is 2.91. The van der Waals surface area contributed by atoms with Crippen molar-refractivity contribution in [3.8, 4) is 0 Å². The molecule has 0 aliphatic rings.